The van der Waals surface area contributed by atoms with Crippen molar-refractivity contribution < 1.29 is 23.5 Å². The summed E-state index contributed by atoms with van der Waals surface area (Å²) in [6.07, 6.45) is 2.56. The molecule has 0 saturated heterocycles. The van der Waals surface area contributed by atoms with Crippen molar-refractivity contribution in [3.63, 3.8) is 0 Å². The van der Waals surface area contributed by atoms with Crippen molar-refractivity contribution in [2.75, 3.05) is 5.32 Å². The molecule has 2 heterocycles. The van der Waals surface area contributed by atoms with E-state index in [0.717, 1.165) is 5.56 Å². The molecule has 0 aliphatic carbocycles. The van der Waals surface area contributed by atoms with E-state index < -0.39 is 11.4 Å². The standard InChI is InChI=1S/C26H28FN3O4/c1-15(2)10-21(31)18-7-6-17(13-20(18)27)33-22-11-16(12-23-19(22)14-26(3,4)34-23)25(32)28-24-8-9-30(5)29-24/h6-9,11-13,15H,10,14H2,1-5H3,(H,28,29,32). The average Bonchev–Trinajstić information content (AvgIpc) is 3.28. The number of Topliss-reactive ketones (excluding diaryl/α,β-unsaturated/α-hetero) is 1. The van der Waals surface area contributed by atoms with Gasteiger partial charge in [-0.3, -0.25) is 14.3 Å². The van der Waals surface area contributed by atoms with E-state index in [-0.39, 0.29) is 35.3 Å². The maximum absolute atomic E-state index is 14.7. The van der Waals surface area contributed by atoms with Crippen LogP contribution in [-0.4, -0.2) is 27.1 Å². The summed E-state index contributed by atoms with van der Waals surface area (Å²) in [4.78, 5) is 25.2. The summed E-state index contributed by atoms with van der Waals surface area (Å²) < 4.78 is 28.3. The average molecular weight is 466 g/mol. The SMILES string of the molecule is CC(C)CC(=O)c1ccc(Oc2cc(C(=O)Nc3ccn(C)n3)cc3c2CC(C)(C)O3)cc1F. The highest BCUT2D eigenvalue weighted by atomic mass is 19.1. The number of amides is 1. The number of rotatable bonds is 7. The number of nitrogens with one attached hydrogen (secondary N) is 1. The maximum Gasteiger partial charge on any atom is 0.257 e. The van der Waals surface area contributed by atoms with Crippen molar-refractivity contribution in [2.24, 2.45) is 13.0 Å². The molecule has 0 saturated carbocycles. The number of halogens is 1. The van der Waals surface area contributed by atoms with Gasteiger partial charge in [0.2, 0.25) is 0 Å². The summed E-state index contributed by atoms with van der Waals surface area (Å²) in [6, 6.07) is 9.16. The van der Waals surface area contributed by atoms with Gasteiger partial charge in [-0.1, -0.05) is 13.8 Å². The van der Waals surface area contributed by atoms with Crippen LogP contribution in [0.15, 0.2) is 42.6 Å². The minimum atomic E-state index is -0.638. The van der Waals surface area contributed by atoms with Crippen LogP contribution in [0.4, 0.5) is 10.2 Å². The van der Waals surface area contributed by atoms with Crippen LogP contribution in [0.2, 0.25) is 0 Å². The number of nitrogens with zero attached hydrogens (tertiary/aromatic N) is 2. The first-order valence-electron chi connectivity index (χ1n) is 11.2. The number of aryl methyl sites for hydroxylation is 1. The third-order valence-corrected chi connectivity index (χ3v) is 5.44. The Morgan fingerprint density at radius 2 is 2.00 bits per heavy atom. The van der Waals surface area contributed by atoms with E-state index in [0.29, 0.717) is 29.3 Å². The second kappa shape index (κ2) is 8.93. The summed E-state index contributed by atoms with van der Waals surface area (Å²) in [6.45, 7) is 7.71. The van der Waals surface area contributed by atoms with Crippen molar-refractivity contribution >= 4 is 17.5 Å². The fraction of sp³-hybridized carbons (Fsp3) is 0.346. The second-order valence-electron chi connectivity index (χ2n) is 9.58. The van der Waals surface area contributed by atoms with Gasteiger partial charge in [0.1, 0.15) is 28.7 Å². The van der Waals surface area contributed by atoms with Gasteiger partial charge >= 0.3 is 0 Å². The number of hydrogen-bond donors (Lipinski definition) is 1. The number of aromatic nitrogens is 2. The molecule has 0 radical (unpaired) electrons. The highest BCUT2D eigenvalue weighted by Gasteiger charge is 2.34. The molecule has 3 aromatic rings. The molecule has 0 unspecified atom stereocenters. The number of carbonyl (C=O) groups is 2. The minimum absolute atomic E-state index is 0.0410. The lowest BCUT2D eigenvalue weighted by Crippen LogP contribution is -2.24. The normalized spacial score (nSPS) is 14.0. The van der Waals surface area contributed by atoms with E-state index in [9.17, 15) is 14.0 Å². The van der Waals surface area contributed by atoms with Gasteiger partial charge in [0.05, 0.1) is 5.56 Å². The number of fused-ring (bicyclic) bond motifs is 1. The third-order valence-electron chi connectivity index (χ3n) is 5.44. The molecule has 178 valence electrons. The van der Waals surface area contributed by atoms with Crippen LogP contribution < -0.4 is 14.8 Å². The van der Waals surface area contributed by atoms with Gasteiger partial charge in [-0.15, -0.1) is 0 Å². The van der Waals surface area contributed by atoms with Gasteiger partial charge in [-0.05, 0) is 44.0 Å². The van der Waals surface area contributed by atoms with E-state index in [2.05, 4.69) is 10.4 Å². The largest absolute Gasteiger partial charge is 0.487 e. The number of ketones is 1. The zero-order valence-corrected chi connectivity index (χ0v) is 19.9. The van der Waals surface area contributed by atoms with E-state index in [1.54, 1.807) is 42.2 Å². The van der Waals surface area contributed by atoms with E-state index in [1.165, 1.54) is 12.1 Å². The van der Waals surface area contributed by atoms with Crippen LogP contribution in [0.25, 0.3) is 0 Å². The molecule has 34 heavy (non-hydrogen) atoms. The van der Waals surface area contributed by atoms with Crippen LogP contribution in [0.5, 0.6) is 17.2 Å². The highest BCUT2D eigenvalue weighted by Crippen LogP contribution is 2.43. The summed E-state index contributed by atoms with van der Waals surface area (Å²) in [7, 11) is 1.76. The number of benzene rings is 2. The van der Waals surface area contributed by atoms with Crippen molar-refractivity contribution in [3.05, 3.63) is 65.1 Å². The maximum atomic E-state index is 14.7. The first kappa shape index (κ1) is 23.5. The van der Waals surface area contributed by atoms with E-state index in [1.807, 2.05) is 27.7 Å². The Balaban J connectivity index is 1.64. The molecule has 4 rings (SSSR count). The number of carbonyl (C=O) groups excluding carboxylic acids is 2. The number of hydrogen-bond acceptors (Lipinski definition) is 5. The van der Waals surface area contributed by atoms with E-state index in [4.69, 9.17) is 9.47 Å². The molecule has 8 heteroatoms. The van der Waals surface area contributed by atoms with Crippen molar-refractivity contribution in [1.82, 2.24) is 9.78 Å². The Morgan fingerprint density at radius 3 is 2.65 bits per heavy atom. The fourth-order valence-corrected chi connectivity index (χ4v) is 3.93. The van der Waals surface area contributed by atoms with Crippen LogP contribution in [-0.2, 0) is 13.5 Å². The fourth-order valence-electron chi connectivity index (χ4n) is 3.93. The Kier molecular flexibility index (Phi) is 6.17. The molecule has 2 aromatic carbocycles. The Labute approximate surface area is 197 Å². The van der Waals surface area contributed by atoms with Gasteiger partial charge in [-0.25, -0.2) is 4.39 Å². The molecule has 1 aliphatic heterocycles. The van der Waals surface area contributed by atoms with Crippen LogP contribution in [0.3, 0.4) is 0 Å². The van der Waals surface area contributed by atoms with Crippen LogP contribution in [0, 0.1) is 11.7 Å². The smallest absolute Gasteiger partial charge is 0.257 e. The summed E-state index contributed by atoms with van der Waals surface area (Å²) >= 11 is 0. The molecule has 0 spiro atoms. The molecule has 7 nitrogen and oxygen atoms in total. The number of anilines is 1. The van der Waals surface area contributed by atoms with Crippen molar-refractivity contribution in [2.45, 2.75) is 46.1 Å². The lowest BCUT2D eigenvalue weighted by atomic mass is 9.99. The molecule has 1 aliphatic rings. The predicted molar refractivity (Wildman–Crippen MR) is 126 cm³/mol. The molecule has 1 N–H and O–H groups in total. The van der Waals surface area contributed by atoms with Crippen LogP contribution >= 0.6 is 0 Å². The zero-order valence-electron chi connectivity index (χ0n) is 19.9. The Morgan fingerprint density at radius 1 is 1.24 bits per heavy atom. The van der Waals surface area contributed by atoms with E-state index >= 15 is 0 Å². The first-order valence-corrected chi connectivity index (χ1v) is 11.2. The quantitative estimate of drug-likeness (QED) is 0.463. The summed E-state index contributed by atoms with van der Waals surface area (Å²) in [5.41, 5.74) is 0.676. The van der Waals surface area contributed by atoms with Gasteiger partial charge in [0, 0.05) is 49.3 Å². The molecule has 0 bridgehead atoms. The Bertz CT molecular complexity index is 1260. The van der Waals surface area contributed by atoms with Crippen LogP contribution in [0.1, 0.15) is 60.4 Å². The molecule has 1 aromatic heterocycles. The first-order chi connectivity index (χ1) is 16.0. The predicted octanol–water partition coefficient (Wildman–Crippen LogP) is 5.55. The lowest BCUT2D eigenvalue weighted by Gasteiger charge is -2.16. The topological polar surface area (TPSA) is 82.5 Å². The lowest BCUT2D eigenvalue weighted by molar-refractivity contribution is 0.0962. The summed E-state index contributed by atoms with van der Waals surface area (Å²) in [5, 5.41) is 6.91. The number of ether oxygens (including phenoxy) is 2. The minimum Gasteiger partial charge on any atom is -0.487 e. The highest BCUT2D eigenvalue weighted by molar-refractivity contribution is 6.04. The third kappa shape index (κ3) is 5.11. The molecule has 0 atom stereocenters. The Hall–Kier alpha value is -3.68. The van der Waals surface area contributed by atoms with Crippen molar-refractivity contribution in [1.29, 1.82) is 0 Å². The van der Waals surface area contributed by atoms with Gasteiger partial charge in [-0.2, -0.15) is 5.10 Å². The molecular formula is C26H28FN3O4. The monoisotopic (exact) mass is 465 g/mol. The second-order valence-corrected chi connectivity index (χ2v) is 9.58. The molecular weight excluding hydrogens is 437 g/mol. The van der Waals surface area contributed by atoms with Gasteiger partial charge < -0.3 is 14.8 Å². The van der Waals surface area contributed by atoms with Crippen molar-refractivity contribution in [3.8, 4) is 17.2 Å². The summed E-state index contributed by atoms with van der Waals surface area (Å²) in [5.74, 6) is 0.457. The molecule has 0 fully saturated rings. The molecule has 1 amide bonds. The van der Waals surface area contributed by atoms with Gasteiger partial charge in [0.15, 0.2) is 11.6 Å². The van der Waals surface area contributed by atoms with Gasteiger partial charge in [0.25, 0.3) is 5.91 Å². The zero-order chi connectivity index (χ0) is 24.6.